The molecule has 0 spiro atoms. The van der Waals surface area contributed by atoms with Gasteiger partial charge in [-0.05, 0) is 81.6 Å². The molecule has 50 heavy (non-hydrogen) atoms. The van der Waals surface area contributed by atoms with E-state index in [0.29, 0.717) is 84.6 Å². The number of unbranched alkanes of at least 4 members (excludes halogenated alkanes) is 1. The Morgan fingerprint density at radius 2 is 1.04 bits per heavy atom. The Balaban J connectivity index is 2.91. The summed E-state index contributed by atoms with van der Waals surface area (Å²) in [4.78, 5) is 81.4. The highest BCUT2D eigenvalue weighted by Gasteiger charge is 2.26. The molecule has 1 unspecified atom stereocenters. The number of carbonyl (C=O) groups is 6. The van der Waals surface area contributed by atoms with Gasteiger partial charge in [0, 0.05) is 58.9 Å². The Kier molecular flexibility index (Phi) is 19.7. The predicted molar refractivity (Wildman–Crippen MR) is 189 cm³/mol. The zero-order chi connectivity index (χ0) is 38.0. The number of esters is 3. The van der Waals surface area contributed by atoms with Crippen LogP contribution in [-0.2, 0) is 43.0 Å². The molecule has 0 saturated carbocycles. The van der Waals surface area contributed by atoms with Crippen LogP contribution in [0.5, 0.6) is 0 Å². The third-order valence-corrected chi connectivity index (χ3v) is 7.38. The molecule has 0 radical (unpaired) electrons. The van der Waals surface area contributed by atoms with Gasteiger partial charge in [-0.3, -0.25) is 38.8 Å². The Labute approximate surface area is 299 Å². The van der Waals surface area contributed by atoms with Crippen LogP contribution >= 0.6 is 0 Å². The molecule has 1 rings (SSSR count). The third-order valence-electron chi connectivity index (χ3n) is 7.38. The Morgan fingerprint density at radius 1 is 0.620 bits per heavy atom. The molecule has 0 aromatic rings. The normalized spacial score (nSPS) is 17.4. The van der Waals surface area contributed by atoms with Crippen LogP contribution in [0.4, 0.5) is 0 Å². The Morgan fingerprint density at radius 3 is 1.44 bits per heavy atom. The van der Waals surface area contributed by atoms with E-state index in [4.69, 9.17) is 14.2 Å². The first-order chi connectivity index (χ1) is 23.2. The van der Waals surface area contributed by atoms with E-state index in [0.717, 1.165) is 6.29 Å². The van der Waals surface area contributed by atoms with E-state index in [1.807, 2.05) is 61.1 Å². The molecule has 0 aliphatic carbocycles. The average molecular weight is 713 g/mol. The Bertz CT molecular complexity index is 1080. The van der Waals surface area contributed by atoms with E-state index >= 15 is 0 Å². The first-order valence-electron chi connectivity index (χ1n) is 17.7. The van der Waals surface area contributed by atoms with Crippen molar-refractivity contribution >= 4 is 36.5 Å². The van der Waals surface area contributed by atoms with E-state index in [2.05, 4.69) is 10.6 Å². The van der Waals surface area contributed by atoms with Crippen molar-refractivity contribution in [3.05, 3.63) is 0 Å². The summed E-state index contributed by atoms with van der Waals surface area (Å²) in [6, 6.07) is -0.757. The van der Waals surface area contributed by atoms with Crippen LogP contribution in [0.3, 0.4) is 0 Å². The summed E-state index contributed by atoms with van der Waals surface area (Å²) in [5.41, 5.74) is -1.93. The van der Waals surface area contributed by atoms with Crippen molar-refractivity contribution in [1.29, 1.82) is 0 Å². The smallest absolute Gasteiger partial charge is 0.329 e. The standard InChI is InChI=1S/C35H64N6O9/c1-33(2,3)48-30(45)25-40-17-15-38(22-23-42)14-16-39(18-19-41(21-20-40)26-31(46)49-34(4,5)6)24-29(44)36-13-11-10-12-28(37-27-43)32(47)50-35(7,8)9/h23,27-28H,10-22,24-26H2,1-9H3,(H,36,44)(H,37,43). The molecule has 1 saturated heterocycles. The molecule has 15 heteroatoms. The first kappa shape index (κ1) is 44.9. The fourth-order valence-corrected chi connectivity index (χ4v) is 5.14. The molecule has 2 N–H and O–H groups in total. The zero-order valence-electron chi connectivity index (χ0n) is 32.0. The molecule has 0 bridgehead atoms. The molecule has 1 aliphatic rings. The molecule has 1 heterocycles. The largest absolute Gasteiger partial charge is 0.459 e. The lowest BCUT2D eigenvalue weighted by Crippen LogP contribution is -2.50. The molecular formula is C35H64N6O9. The van der Waals surface area contributed by atoms with Crippen molar-refractivity contribution in [2.24, 2.45) is 0 Å². The number of nitrogens with one attached hydrogen (secondary N) is 2. The first-order valence-corrected chi connectivity index (χ1v) is 17.7. The van der Waals surface area contributed by atoms with E-state index in [1.54, 1.807) is 20.8 Å². The average Bonchev–Trinajstić information content (AvgIpc) is 2.94. The summed E-state index contributed by atoms with van der Waals surface area (Å²) in [5.74, 6) is -1.37. The van der Waals surface area contributed by atoms with Crippen LogP contribution < -0.4 is 10.6 Å². The van der Waals surface area contributed by atoms with Gasteiger partial charge in [0.25, 0.3) is 0 Å². The number of rotatable bonds is 16. The quantitative estimate of drug-likeness (QED) is 0.100. The van der Waals surface area contributed by atoms with Gasteiger partial charge < -0.3 is 29.6 Å². The molecule has 0 aromatic carbocycles. The third kappa shape index (κ3) is 22.6. The highest BCUT2D eigenvalue weighted by Crippen LogP contribution is 2.12. The van der Waals surface area contributed by atoms with Crippen LogP contribution in [0.25, 0.3) is 0 Å². The number of amides is 2. The Hall–Kier alpha value is -3.14. The van der Waals surface area contributed by atoms with E-state index in [-0.39, 0.29) is 44.0 Å². The van der Waals surface area contributed by atoms with Gasteiger partial charge in [0.1, 0.15) is 29.1 Å². The molecule has 15 nitrogen and oxygen atoms in total. The summed E-state index contributed by atoms with van der Waals surface area (Å²) >= 11 is 0. The van der Waals surface area contributed by atoms with Crippen molar-refractivity contribution in [3.8, 4) is 0 Å². The second kappa shape index (κ2) is 21.9. The zero-order valence-corrected chi connectivity index (χ0v) is 32.0. The highest BCUT2D eigenvalue weighted by molar-refractivity contribution is 5.79. The molecular weight excluding hydrogens is 648 g/mol. The lowest BCUT2D eigenvalue weighted by Gasteiger charge is -2.33. The summed E-state index contributed by atoms with van der Waals surface area (Å²) in [6.07, 6.45) is 2.90. The van der Waals surface area contributed by atoms with Gasteiger partial charge >= 0.3 is 17.9 Å². The maximum absolute atomic E-state index is 13.0. The highest BCUT2D eigenvalue weighted by atomic mass is 16.6. The van der Waals surface area contributed by atoms with Gasteiger partial charge in [-0.1, -0.05) is 0 Å². The maximum Gasteiger partial charge on any atom is 0.329 e. The van der Waals surface area contributed by atoms with Gasteiger partial charge in [-0.15, -0.1) is 0 Å². The molecule has 1 aliphatic heterocycles. The monoisotopic (exact) mass is 712 g/mol. The van der Waals surface area contributed by atoms with Crippen LogP contribution in [0.15, 0.2) is 0 Å². The number of nitrogens with zero attached hydrogens (tertiary/aromatic N) is 4. The van der Waals surface area contributed by atoms with E-state index in [9.17, 15) is 28.8 Å². The number of hydrogen-bond donors (Lipinski definition) is 2. The minimum atomic E-state index is -0.757. The number of ether oxygens (including phenoxy) is 3. The van der Waals surface area contributed by atoms with Crippen molar-refractivity contribution in [1.82, 2.24) is 30.2 Å². The SMILES string of the molecule is CC(C)(C)OC(=O)CN1CCN(CC=O)CCN(CC(=O)NCCCCC(NC=O)C(=O)OC(C)(C)C)CCN(CC(=O)OC(C)(C)C)CC1. The lowest BCUT2D eigenvalue weighted by atomic mass is 10.1. The lowest BCUT2D eigenvalue weighted by molar-refractivity contribution is -0.158. The minimum absolute atomic E-state index is 0.0537. The van der Waals surface area contributed by atoms with Crippen molar-refractivity contribution in [3.63, 3.8) is 0 Å². The number of hydrogen-bond acceptors (Lipinski definition) is 13. The van der Waals surface area contributed by atoms with Crippen LogP contribution in [0.1, 0.15) is 81.6 Å². The summed E-state index contributed by atoms with van der Waals surface area (Å²) in [6.45, 7) is 21.0. The molecule has 1 fully saturated rings. The fourth-order valence-electron chi connectivity index (χ4n) is 5.14. The minimum Gasteiger partial charge on any atom is -0.459 e. The number of aldehydes is 1. The number of carbonyl (C=O) groups excluding carboxylic acids is 6. The summed E-state index contributed by atoms with van der Waals surface area (Å²) < 4.78 is 16.5. The van der Waals surface area contributed by atoms with Crippen LogP contribution in [-0.4, -0.2) is 164 Å². The van der Waals surface area contributed by atoms with E-state index in [1.165, 1.54) is 0 Å². The second-order valence-corrected chi connectivity index (χ2v) is 15.7. The second-order valence-electron chi connectivity index (χ2n) is 15.7. The molecule has 288 valence electrons. The van der Waals surface area contributed by atoms with Crippen LogP contribution in [0, 0.1) is 0 Å². The topological polar surface area (TPSA) is 167 Å². The van der Waals surface area contributed by atoms with Gasteiger partial charge in [-0.25, -0.2) is 4.79 Å². The fraction of sp³-hybridized carbons (Fsp3) is 0.829. The van der Waals surface area contributed by atoms with Crippen molar-refractivity contribution in [2.75, 3.05) is 85.1 Å². The van der Waals surface area contributed by atoms with Crippen molar-refractivity contribution in [2.45, 2.75) is 104 Å². The van der Waals surface area contributed by atoms with Gasteiger partial charge in [-0.2, -0.15) is 0 Å². The molecule has 1 atom stereocenters. The maximum atomic E-state index is 13.0. The van der Waals surface area contributed by atoms with Gasteiger partial charge in [0.05, 0.1) is 26.2 Å². The van der Waals surface area contributed by atoms with E-state index < -0.39 is 28.8 Å². The van der Waals surface area contributed by atoms with Gasteiger partial charge in [0.15, 0.2) is 0 Å². The van der Waals surface area contributed by atoms with Crippen LogP contribution in [0.2, 0.25) is 0 Å². The predicted octanol–water partition coefficient (Wildman–Crippen LogP) is 0.833. The molecule has 2 amide bonds. The van der Waals surface area contributed by atoms with Gasteiger partial charge in [0.2, 0.25) is 12.3 Å². The molecule has 0 aromatic heterocycles. The summed E-state index contributed by atoms with van der Waals surface area (Å²) in [5, 5.41) is 5.45. The summed E-state index contributed by atoms with van der Waals surface area (Å²) in [7, 11) is 0. The van der Waals surface area contributed by atoms with Crippen molar-refractivity contribution < 1.29 is 43.0 Å².